The van der Waals surface area contributed by atoms with E-state index in [1.54, 1.807) is 19.1 Å². The summed E-state index contributed by atoms with van der Waals surface area (Å²) >= 11 is 0. The van der Waals surface area contributed by atoms with Crippen molar-refractivity contribution in [2.24, 2.45) is 0 Å². The maximum Gasteiger partial charge on any atom is 0.178 e. The minimum Gasteiger partial charge on any atom is -0.224 e. The molecule has 0 heterocycles. The topological polar surface area (TPSA) is 34.1 Å². The molecule has 2 nitrogen and oxygen atoms in total. The van der Waals surface area contributed by atoms with Crippen molar-refractivity contribution in [1.29, 1.82) is 0 Å². The Morgan fingerprint density at radius 2 is 1.53 bits per heavy atom. The molecule has 1 rings (SSSR count). The van der Waals surface area contributed by atoms with Crippen LogP contribution in [-0.2, 0) is 15.3 Å². The molecule has 0 spiro atoms. The van der Waals surface area contributed by atoms with E-state index in [0.717, 1.165) is 5.56 Å². The molecule has 15 heavy (non-hydrogen) atoms. The van der Waals surface area contributed by atoms with Gasteiger partial charge >= 0.3 is 0 Å². The summed E-state index contributed by atoms with van der Waals surface area (Å²) in [4.78, 5) is 0.415. The smallest absolute Gasteiger partial charge is 0.178 e. The summed E-state index contributed by atoms with van der Waals surface area (Å²) < 4.78 is 23.1. The van der Waals surface area contributed by atoms with Crippen LogP contribution in [0.15, 0.2) is 29.2 Å². The molecule has 84 valence electrons. The third kappa shape index (κ3) is 2.81. The number of hydrogen-bond acceptors (Lipinski definition) is 2. The zero-order chi connectivity index (χ0) is 11.7. The zero-order valence-corrected chi connectivity index (χ0v) is 10.6. The van der Waals surface area contributed by atoms with Gasteiger partial charge in [-0.3, -0.25) is 0 Å². The SMILES string of the molecule is CCS(=O)(=O)c1ccc(C(C)(C)C)cc1. The zero-order valence-electron chi connectivity index (χ0n) is 9.74. The van der Waals surface area contributed by atoms with Crippen molar-refractivity contribution < 1.29 is 8.42 Å². The lowest BCUT2D eigenvalue weighted by molar-refractivity contribution is 0.586. The van der Waals surface area contributed by atoms with Crippen LogP contribution in [0.4, 0.5) is 0 Å². The van der Waals surface area contributed by atoms with Crippen LogP contribution < -0.4 is 0 Å². The summed E-state index contributed by atoms with van der Waals surface area (Å²) in [7, 11) is -3.06. The highest BCUT2D eigenvalue weighted by atomic mass is 32.2. The Labute approximate surface area is 92.2 Å². The molecule has 0 amide bonds. The standard InChI is InChI=1S/C12H18O2S/c1-5-15(13,14)11-8-6-10(7-9-11)12(2,3)4/h6-9H,5H2,1-4H3. The van der Waals surface area contributed by atoms with Crippen LogP contribution in [0, 0.1) is 0 Å². The second kappa shape index (κ2) is 3.97. The maximum atomic E-state index is 11.6. The van der Waals surface area contributed by atoms with Crippen LogP contribution in [0.5, 0.6) is 0 Å². The molecule has 0 aliphatic carbocycles. The number of rotatable bonds is 2. The fourth-order valence-corrected chi connectivity index (χ4v) is 2.21. The van der Waals surface area contributed by atoms with Crippen molar-refractivity contribution in [2.45, 2.75) is 38.0 Å². The summed E-state index contributed by atoms with van der Waals surface area (Å²) in [5.74, 6) is 0.155. The van der Waals surface area contributed by atoms with Crippen LogP contribution in [0.1, 0.15) is 33.3 Å². The van der Waals surface area contributed by atoms with Gasteiger partial charge in [-0.25, -0.2) is 8.42 Å². The van der Waals surface area contributed by atoms with Gasteiger partial charge in [0.25, 0.3) is 0 Å². The second-order valence-corrected chi connectivity index (χ2v) is 6.96. The van der Waals surface area contributed by atoms with Crippen LogP contribution in [0.25, 0.3) is 0 Å². The lowest BCUT2D eigenvalue weighted by Crippen LogP contribution is -2.11. The molecule has 0 atom stereocenters. The van der Waals surface area contributed by atoms with Crippen molar-refractivity contribution in [2.75, 3.05) is 5.75 Å². The minimum absolute atomic E-state index is 0.0640. The Balaban J connectivity index is 3.12. The lowest BCUT2D eigenvalue weighted by atomic mass is 9.87. The van der Waals surface area contributed by atoms with Crippen molar-refractivity contribution >= 4 is 9.84 Å². The Morgan fingerprint density at radius 1 is 1.07 bits per heavy atom. The van der Waals surface area contributed by atoms with Gasteiger partial charge in [0.2, 0.25) is 0 Å². The molecule has 0 N–H and O–H groups in total. The lowest BCUT2D eigenvalue weighted by Gasteiger charge is -2.19. The third-order valence-corrected chi connectivity index (χ3v) is 4.21. The molecular weight excluding hydrogens is 208 g/mol. The first-order valence-electron chi connectivity index (χ1n) is 5.10. The van der Waals surface area contributed by atoms with Crippen molar-refractivity contribution in [1.82, 2.24) is 0 Å². The normalized spacial score (nSPS) is 12.8. The van der Waals surface area contributed by atoms with Crippen molar-refractivity contribution in [3.8, 4) is 0 Å². The van der Waals surface area contributed by atoms with E-state index in [2.05, 4.69) is 20.8 Å². The Hall–Kier alpha value is -0.830. The summed E-state index contributed by atoms with van der Waals surface area (Å²) in [6.07, 6.45) is 0. The van der Waals surface area contributed by atoms with E-state index in [0.29, 0.717) is 4.90 Å². The number of benzene rings is 1. The molecule has 0 aliphatic heterocycles. The number of sulfone groups is 1. The Morgan fingerprint density at radius 3 is 1.87 bits per heavy atom. The molecular formula is C12H18O2S. The van der Waals surface area contributed by atoms with Crippen LogP contribution in [-0.4, -0.2) is 14.2 Å². The molecule has 0 unspecified atom stereocenters. The monoisotopic (exact) mass is 226 g/mol. The summed E-state index contributed by atoms with van der Waals surface area (Å²) in [6, 6.07) is 7.17. The summed E-state index contributed by atoms with van der Waals surface area (Å²) in [5, 5.41) is 0. The molecule has 0 saturated heterocycles. The van der Waals surface area contributed by atoms with Gasteiger partial charge in [0, 0.05) is 0 Å². The van der Waals surface area contributed by atoms with E-state index >= 15 is 0 Å². The van der Waals surface area contributed by atoms with Crippen molar-refractivity contribution in [3.05, 3.63) is 29.8 Å². The van der Waals surface area contributed by atoms with E-state index in [-0.39, 0.29) is 11.2 Å². The molecule has 1 aromatic carbocycles. The number of hydrogen-bond donors (Lipinski definition) is 0. The second-order valence-electron chi connectivity index (χ2n) is 4.68. The van der Waals surface area contributed by atoms with Crippen molar-refractivity contribution in [3.63, 3.8) is 0 Å². The van der Waals surface area contributed by atoms with Crippen LogP contribution in [0.3, 0.4) is 0 Å². The summed E-state index contributed by atoms with van der Waals surface area (Å²) in [5.41, 5.74) is 1.21. The highest BCUT2D eigenvalue weighted by Gasteiger charge is 2.15. The van der Waals surface area contributed by atoms with E-state index in [1.165, 1.54) is 0 Å². The van der Waals surface area contributed by atoms with Crippen LogP contribution >= 0.6 is 0 Å². The molecule has 0 aliphatic rings. The highest BCUT2D eigenvalue weighted by Crippen LogP contribution is 2.23. The van der Waals surface area contributed by atoms with Gasteiger partial charge in [0.1, 0.15) is 0 Å². The first kappa shape index (κ1) is 12.2. The molecule has 0 radical (unpaired) electrons. The van der Waals surface area contributed by atoms with E-state index in [1.807, 2.05) is 12.1 Å². The van der Waals surface area contributed by atoms with E-state index < -0.39 is 9.84 Å². The highest BCUT2D eigenvalue weighted by molar-refractivity contribution is 7.91. The van der Waals surface area contributed by atoms with Gasteiger partial charge in [0.05, 0.1) is 10.6 Å². The predicted molar refractivity (Wildman–Crippen MR) is 62.9 cm³/mol. The fourth-order valence-electron chi connectivity index (χ4n) is 1.33. The molecule has 0 saturated carbocycles. The molecule has 0 bridgehead atoms. The quantitative estimate of drug-likeness (QED) is 0.777. The summed E-state index contributed by atoms with van der Waals surface area (Å²) in [6.45, 7) is 7.98. The predicted octanol–water partition coefficient (Wildman–Crippen LogP) is 2.78. The van der Waals surface area contributed by atoms with Gasteiger partial charge in [0.15, 0.2) is 9.84 Å². The molecule has 1 aromatic rings. The van der Waals surface area contributed by atoms with E-state index in [9.17, 15) is 8.42 Å². The van der Waals surface area contributed by atoms with Gasteiger partial charge in [-0.05, 0) is 23.1 Å². The van der Waals surface area contributed by atoms with Gasteiger partial charge in [-0.15, -0.1) is 0 Å². The van der Waals surface area contributed by atoms with Gasteiger partial charge in [-0.1, -0.05) is 39.8 Å². The average molecular weight is 226 g/mol. The first-order valence-corrected chi connectivity index (χ1v) is 6.76. The van der Waals surface area contributed by atoms with Gasteiger partial charge < -0.3 is 0 Å². The molecule has 3 heteroatoms. The van der Waals surface area contributed by atoms with E-state index in [4.69, 9.17) is 0 Å². The third-order valence-electron chi connectivity index (χ3n) is 2.46. The Bertz CT molecular complexity index is 422. The van der Waals surface area contributed by atoms with Gasteiger partial charge in [-0.2, -0.15) is 0 Å². The maximum absolute atomic E-state index is 11.6. The fraction of sp³-hybridized carbons (Fsp3) is 0.500. The first-order chi connectivity index (χ1) is 6.77. The Kier molecular flexibility index (Phi) is 3.24. The average Bonchev–Trinajstić information content (AvgIpc) is 2.17. The minimum atomic E-state index is -3.06. The molecule has 0 aromatic heterocycles. The largest absolute Gasteiger partial charge is 0.224 e. The van der Waals surface area contributed by atoms with Crippen LogP contribution in [0.2, 0.25) is 0 Å². The molecule has 0 fully saturated rings.